The molecule has 27 heavy (non-hydrogen) atoms. The summed E-state index contributed by atoms with van der Waals surface area (Å²) >= 11 is 13.1. The van der Waals surface area contributed by atoms with Crippen LogP contribution in [0.1, 0.15) is 29.3 Å². The number of pyridine rings is 1. The molecule has 1 heterocycles. The zero-order valence-electron chi connectivity index (χ0n) is 16.0. The van der Waals surface area contributed by atoms with Gasteiger partial charge in [-0.3, -0.25) is 9.78 Å². The molecule has 0 aliphatic heterocycles. The summed E-state index contributed by atoms with van der Waals surface area (Å²) in [5.74, 6) is 0.805. The van der Waals surface area contributed by atoms with Gasteiger partial charge in [-0.25, -0.2) is 0 Å². The number of rotatable bonds is 7. The van der Waals surface area contributed by atoms with Crippen molar-refractivity contribution in [1.82, 2.24) is 9.88 Å². The Labute approximate surface area is 169 Å². The lowest BCUT2D eigenvalue weighted by molar-refractivity contribution is -0.115. The average molecular weight is 409 g/mol. The van der Waals surface area contributed by atoms with E-state index in [0.29, 0.717) is 39.3 Å². The van der Waals surface area contributed by atoms with Crippen molar-refractivity contribution < 1.29 is 14.3 Å². The van der Waals surface area contributed by atoms with Crippen LogP contribution in [0, 0.1) is 13.8 Å². The van der Waals surface area contributed by atoms with Crippen LogP contribution >= 0.6 is 23.2 Å². The quantitative estimate of drug-likeness (QED) is 0.604. The summed E-state index contributed by atoms with van der Waals surface area (Å²) in [4.78, 5) is 17.6. The van der Waals surface area contributed by atoms with Crippen molar-refractivity contribution in [3.05, 3.63) is 50.8 Å². The van der Waals surface area contributed by atoms with Crippen molar-refractivity contribution in [1.29, 1.82) is 0 Å². The van der Waals surface area contributed by atoms with Crippen LogP contribution in [0.3, 0.4) is 0 Å². The van der Waals surface area contributed by atoms with E-state index in [4.69, 9.17) is 32.7 Å². The summed E-state index contributed by atoms with van der Waals surface area (Å²) in [6.45, 7) is 6.19. The molecule has 0 N–H and O–H groups in total. The van der Waals surface area contributed by atoms with Gasteiger partial charge in [-0.2, -0.15) is 0 Å². The van der Waals surface area contributed by atoms with Gasteiger partial charge in [-0.15, -0.1) is 0 Å². The Bertz CT molecular complexity index is 854. The van der Waals surface area contributed by atoms with E-state index in [2.05, 4.69) is 4.98 Å². The zero-order chi connectivity index (χ0) is 20.1. The van der Waals surface area contributed by atoms with Crippen LogP contribution in [0.2, 0.25) is 10.0 Å². The van der Waals surface area contributed by atoms with Crippen LogP contribution in [0.15, 0.2) is 18.3 Å². The van der Waals surface area contributed by atoms with E-state index >= 15 is 0 Å². The van der Waals surface area contributed by atoms with E-state index in [1.807, 2.05) is 32.9 Å². The Morgan fingerprint density at radius 3 is 2.19 bits per heavy atom. The molecule has 1 amide bonds. The van der Waals surface area contributed by atoms with Crippen LogP contribution in [-0.4, -0.2) is 37.1 Å². The number of amides is 1. The normalized spacial score (nSPS) is 11.3. The molecule has 2 aromatic rings. The topological polar surface area (TPSA) is 51.7 Å². The lowest BCUT2D eigenvalue weighted by atomic mass is 10.0. The fourth-order valence-corrected chi connectivity index (χ4v) is 3.41. The fourth-order valence-electron chi connectivity index (χ4n) is 2.72. The van der Waals surface area contributed by atoms with Crippen molar-refractivity contribution in [2.24, 2.45) is 0 Å². The molecular weight excluding hydrogens is 387 g/mol. The number of aromatic nitrogens is 1. The van der Waals surface area contributed by atoms with Gasteiger partial charge in [0.1, 0.15) is 11.5 Å². The molecule has 7 heteroatoms. The highest BCUT2D eigenvalue weighted by Gasteiger charge is 2.23. The number of hydrogen-bond donors (Lipinski definition) is 0. The molecule has 0 fully saturated rings. The van der Waals surface area contributed by atoms with Gasteiger partial charge in [-0.05, 0) is 44.0 Å². The number of halogens is 2. The molecule has 144 valence electrons. The third kappa shape index (κ3) is 4.37. The molecule has 0 spiro atoms. The highest BCUT2D eigenvalue weighted by Crippen LogP contribution is 2.44. The maximum absolute atomic E-state index is 11.7. The van der Waals surface area contributed by atoms with Gasteiger partial charge in [-0.1, -0.05) is 23.2 Å². The number of aryl methyl sites for hydroxylation is 2. The van der Waals surface area contributed by atoms with Crippen molar-refractivity contribution in [2.45, 2.75) is 20.8 Å². The Morgan fingerprint density at radius 2 is 1.74 bits per heavy atom. The molecule has 1 aromatic heterocycles. The first-order chi connectivity index (χ1) is 12.9. The van der Waals surface area contributed by atoms with Crippen LogP contribution in [0.25, 0.3) is 11.8 Å². The third-order valence-corrected chi connectivity index (χ3v) is 4.94. The van der Waals surface area contributed by atoms with E-state index in [1.54, 1.807) is 12.3 Å². The first-order valence-corrected chi connectivity index (χ1v) is 9.10. The summed E-state index contributed by atoms with van der Waals surface area (Å²) in [5, 5.41) is 0.597. The third-order valence-electron chi connectivity index (χ3n) is 4.19. The molecule has 1 aromatic carbocycles. The maximum Gasteiger partial charge on any atom is 0.214 e. The van der Waals surface area contributed by atoms with Gasteiger partial charge in [0.2, 0.25) is 6.41 Å². The molecule has 0 saturated heterocycles. The van der Waals surface area contributed by atoms with E-state index in [9.17, 15) is 4.79 Å². The highest BCUT2D eigenvalue weighted by molar-refractivity contribution is 6.39. The summed E-state index contributed by atoms with van der Waals surface area (Å²) in [6, 6.07) is 3.58. The average Bonchev–Trinajstić information content (AvgIpc) is 2.65. The number of methoxy groups -OCH3 is 2. The van der Waals surface area contributed by atoms with Gasteiger partial charge >= 0.3 is 0 Å². The smallest absolute Gasteiger partial charge is 0.214 e. The van der Waals surface area contributed by atoms with E-state index < -0.39 is 0 Å². The van der Waals surface area contributed by atoms with Gasteiger partial charge in [0.05, 0.1) is 30.0 Å². The van der Waals surface area contributed by atoms with E-state index in [1.165, 1.54) is 19.1 Å². The maximum atomic E-state index is 11.7. The number of hydrogen-bond acceptors (Lipinski definition) is 4. The van der Waals surface area contributed by atoms with E-state index in [-0.39, 0.29) is 0 Å². The number of carbonyl (C=O) groups is 1. The summed E-state index contributed by atoms with van der Waals surface area (Å²) in [5.41, 5.74) is 3.78. The van der Waals surface area contributed by atoms with Crippen molar-refractivity contribution in [3.8, 4) is 11.5 Å². The van der Waals surface area contributed by atoms with Gasteiger partial charge in [0.15, 0.2) is 0 Å². The molecular formula is C20H22Cl2N2O3. The largest absolute Gasteiger partial charge is 0.495 e. The number of nitrogens with zero attached hydrogens (tertiary/aromatic N) is 2. The van der Waals surface area contributed by atoms with Crippen LogP contribution in [-0.2, 0) is 4.79 Å². The second-order valence-electron chi connectivity index (χ2n) is 5.89. The first-order valence-electron chi connectivity index (χ1n) is 8.35. The standard InChI is InChI=1S/C20H22Cl2N2O3/c1-6-24(11-25)15(8-14-10-23-13(3)7-12(14)2)18-19(21)16(26-4)9-17(27-5)20(18)22/h7-11H,6H2,1-5H3/b15-8-. The predicted molar refractivity (Wildman–Crippen MR) is 110 cm³/mol. The molecule has 0 saturated carbocycles. The minimum Gasteiger partial charge on any atom is -0.495 e. The monoisotopic (exact) mass is 408 g/mol. The van der Waals surface area contributed by atoms with Crippen LogP contribution < -0.4 is 9.47 Å². The van der Waals surface area contributed by atoms with Gasteiger partial charge in [0, 0.05) is 30.1 Å². The number of benzene rings is 1. The molecule has 0 aliphatic carbocycles. The van der Waals surface area contributed by atoms with Crippen molar-refractivity contribution in [2.75, 3.05) is 20.8 Å². The lowest BCUT2D eigenvalue weighted by Crippen LogP contribution is -2.20. The lowest BCUT2D eigenvalue weighted by Gasteiger charge is -2.23. The van der Waals surface area contributed by atoms with Crippen molar-refractivity contribution >= 4 is 41.4 Å². The minimum absolute atomic E-state index is 0.299. The summed E-state index contributed by atoms with van der Waals surface area (Å²) in [7, 11) is 3.01. The van der Waals surface area contributed by atoms with Crippen LogP contribution in [0.4, 0.5) is 0 Å². The summed E-state index contributed by atoms with van der Waals surface area (Å²) < 4.78 is 10.7. The minimum atomic E-state index is 0.299. The Hall–Kier alpha value is -2.24. The second-order valence-corrected chi connectivity index (χ2v) is 6.64. The second kappa shape index (κ2) is 9.11. The van der Waals surface area contributed by atoms with E-state index in [0.717, 1.165) is 23.2 Å². The zero-order valence-corrected chi connectivity index (χ0v) is 17.5. The molecule has 5 nitrogen and oxygen atoms in total. The predicted octanol–water partition coefficient (Wildman–Crippen LogP) is 5.00. The molecule has 0 bridgehead atoms. The molecule has 0 atom stereocenters. The Kier molecular flexibility index (Phi) is 7.11. The van der Waals surface area contributed by atoms with Crippen molar-refractivity contribution in [3.63, 3.8) is 0 Å². The molecule has 0 aliphatic rings. The fraction of sp³-hybridized carbons (Fsp3) is 0.300. The van der Waals surface area contributed by atoms with Crippen LogP contribution in [0.5, 0.6) is 11.5 Å². The summed E-state index contributed by atoms with van der Waals surface area (Å²) in [6.07, 6.45) is 4.33. The van der Waals surface area contributed by atoms with Gasteiger partial charge in [0.25, 0.3) is 0 Å². The number of ether oxygens (including phenoxy) is 2. The molecule has 2 rings (SSSR count). The number of carbonyl (C=O) groups excluding carboxylic acids is 1. The SMILES string of the molecule is CCN(C=O)/C(=C\c1cnc(C)cc1C)c1c(Cl)c(OC)cc(OC)c1Cl. The molecule has 0 unspecified atom stereocenters. The Balaban J connectivity index is 2.83. The Morgan fingerprint density at radius 1 is 1.15 bits per heavy atom. The van der Waals surface area contributed by atoms with Gasteiger partial charge < -0.3 is 14.4 Å². The molecule has 0 radical (unpaired) electrons. The highest BCUT2D eigenvalue weighted by atomic mass is 35.5. The first kappa shape index (κ1) is 21.1.